The molecule has 0 heterocycles. The molecule has 172 valence electrons. The van der Waals surface area contributed by atoms with Crippen LogP contribution in [0, 0.1) is 0 Å². The second-order valence-corrected chi connectivity index (χ2v) is 9.58. The average Bonchev–Trinajstić information content (AvgIpc) is 2.64. The Bertz CT molecular complexity index is 592. The van der Waals surface area contributed by atoms with Crippen molar-refractivity contribution in [2.75, 3.05) is 20.6 Å². The van der Waals surface area contributed by atoms with Gasteiger partial charge in [-0.3, -0.25) is 0 Å². The van der Waals surface area contributed by atoms with Crippen LogP contribution < -0.4 is 0 Å². The topological polar surface area (TPSA) is 3.24 Å². The van der Waals surface area contributed by atoms with E-state index in [-0.39, 0.29) is 0 Å². The Morgan fingerprint density at radius 1 is 0.500 bits per heavy atom. The van der Waals surface area contributed by atoms with Crippen molar-refractivity contribution in [3.8, 4) is 0 Å². The van der Waals surface area contributed by atoms with Crippen molar-refractivity contribution >= 4 is 0 Å². The second kappa shape index (κ2) is 18.4. The van der Waals surface area contributed by atoms with Crippen LogP contribution in [0.1, 0.15) is 106 Å². The van der Waals surface area contributed by atoms with Gasteiger partial charge in [0, 0.05) is 0 Å². The number of hydrogen-bond donors (Lipinski definition) is 0. The van der Waals surface area contributed by atoms with E-state index in [0.717, 1.165) is 0 Å². The number of unbranched alkanes of at least 4 members (excludes halogenated alkanes) is 1. The SMILES string of the molecule is CC(C)=CCC/C(C)=C/CCC(C)=CCC/C=C(\C)CCC=C(C)CCCN(C)C. The molecule has 0 N–H and O–H groups in total. The zero-order valence-electron chi connectivity index (χ0n) is 21.6. The lowest BCUT2D eigenvalue weighted by molar-refractivity contribution is 0.400. The third kappa shape index (κ3) is 20.0. The Kier molecular flexibility index (Phi) is 17.6. The minimum atomic E-state index is 1.17. The molecule has 0 aromatic rings. The number of rotatable bonds is 16. The van der Waals surface area contributed by atoms with E-state index in [0.29, 0.717) is 0 Å². The Labute approximate surface area is 189 Å². The van der Waals surface area contributed by atoms with Crippen molar-refractivity contribution < 1.29 is 0 Å². The van der Waals surface area contributed by atoms with Crippen LogP contribution in [0.15, 0.2) is 58.2 Å². The number of hydrogen-bond acceptors (Lipinski definition) is 1. The summed E-state index contributed by atoms with van der Waals surface area (Å²) in [6, 6.07) is 0. The summed E-state index contributed by atoms with van der Waals surface area (Å²) in [7, 11) is 4.30. The molecule has 30 heavy (non-hydrogen) atoms. The quantitative estimate of drug-likeness (QED) is 0.180. The molecule has 0 unspecified atom stereocenters. The van der Waals surface area contributed by atoms with Gasteiger partial charge >= 0.3 is 0 Å². The first-order valence-corrected chi connectivity index (χ1v) is 12.1. The van der Waals surface area contributed by atoms with Crippen LogP contribution in [-0.4, -0.2) is 25.5 Å². The molecule has 0 radical (unpaired) electrons. The monoisotopic (exact) mass is 413 g/mol. The lowest BCUT2D eigenvalue weighted by Crippen LogP contribution is -2.12. The molecule has 0 saturated heterocycles. The highest BCUT2D eigenvalue weighted by Crippen LogP contribution is 2.14. The zero-order chi connectivity index (χ0) is 22.8. The van der Waals surface area contributed by atoms with Gasteiger partial charge in [-0.1, -0.05) is 58.2 Å². The van der Waals surface area contributed by atoms with E-state index in [1.807, 2.05) is 0 Å². The summed E-state index contributed by atoms with van der Waals surface area (Å²) >= 11 is 0. The Morgan fingerprint density at radius 3 is 1.27 bits per heavy atom. The van der Waals surface area contributed by atoms with Crippen LogP contribution in [0.5, 0.6) is 0 Å². The summed E-state index contributed by atoms with van der Waals surface area (Å²) in [5, 5.41) is 0. The third-order valence-electron chi connectivity index (χ3n) is 5.48. The molecule has 0 saturated carbocycles. The van der Waals surface area contributed by atoms with E-state index in [1.54, 1.807) is 5.57 Å². The van der Waals surface area contributed by atoms with Gasteiger partial charge in [0.2, 0.25) is 0 Å². The van der Waals surface area contributed by atoms with Crippen LogP contribution in [0.25, 0.3) is 0 Å². The highest BCUT2D eigenvalue weighted by atomic mass is 15.0. The first-order valence-electron chi connectivity index (χ1n) is 12.1. The summed E-state index contributed by atoms with van der Waals surface area (Å²) in [5.41, 5.74) is 7.57. The fourth-order valence-electron chi connectivity index (χ4n) is 3.42. The molecule has 0 rings (SSSR count). The fraction of sp³-hybridized carbons (Fsp3) is 0.655. The zero-order valence-corrected chi connectivity index (χ0v) is 21.6. The van der Waals surface area contributed by atoms with Gasteiger partial charge in [0.1, 0.15) is 0 Å². The summed E-state index contributed by atoms with van der Waals surface area (Å²) < 4.78 is 0. The van der Waals surface area contributed by atoms with Crippen molar-refractivity contribution in [1.82, 2.24) is 4.90 Å². The molecule has 0 aliphatic heterocycles. The van der Waals surface area contributed by atoms with E-state index in [1.165, 1.54) is 93.0 Å². The van der Waals surface area contributed by atoms with Crippen molar-refractivity contribution in [3.63, 3.8) is 0 Å². The average molecular weight is 414 g/mol. The molecule has 0 bridgehead atoms. The van der Waals surface area contributed by atoms with Gasteiger partial charge in [0.15, 0.2) is 0 Å². The standard InChI is InChI=1S/C29H51N/c1-25(2)15-11-18-28(5)21-12-19-26(3)16-9-10-17-27(4)20-13-22-29(6)23-14-24-30(7)8/h15-17,21-22H,9-14,18-20,23-24H2,1-8H3/b26-16?,27-17+,28-21+,29-22?. The molecule has 0 fully saturated rings. The maximum Gasteiger partial charge on any atom is -0.00218 e. The van der Waals surface area contributed by atoms with Gasteiger partial charge < -0.3 is 4.90 Å². The van der Waals surface area contributed by atoms with E-state index in [2.05, 4.69) is 90.9 Å². The largest absolute Gasteiger partial charge is 0.309 e. The summed E-state index contributed by atoms with van der Waals surface area (Å²) in [6.45, 7) is 14.7. The van der Waals surface area contributed by atoms with Gasteiger partial charge in [-0.25, -0.2) is 0 Å². The first kappa shape index (κ1) is 28.7. The molecule has 0 atom stereocenters. The maximum absolute atomic E-state index is 2.44. The molecular formula is C29H51N. The van der Waals surface area contributed by atoms with E-state index in [9.17, 15) is 0 Å². The van der Waals surface area contributed by atoms with Crippen molar-refractivity contribution in [1.29, 1.82) is 0 Å². The Hall–Kier alpha value is -1.34. The molecule has 0 aliphatic rings. The van der Waals surface area contributed by atoms with E-state index < -0.39 is 0 Å². The normalized spacial score (nSPS) is 13.9. The van der Waals surface area contributed by atoms with Crippen LogP contribution >= 0.6 is 0 Å². The second-order valence-electron chi connectivity index (χ2n) is 9.58. The summed E-state index contributed by atoms with van der Waals surface area (Å²) in [4.78, 5) is 2.27. The molecule has 0 aromatic heterocycles. The van der Waals surface area contributed by atoms with Gasteiger partial charge in [-0.2, -0.15) is 0 Å². The molecule has 0 aliphatic carbocycles. The molecular weight excluding hydrogens is 362 g/mol. The smallest absolute Gasteiger partial charge is 0.00218 e. The Balaban J connectivity index is 4.01. The highest BCUT2D eigenvalue weighted by molar-refractivity contribution is 5.07. The summed E-state index contributed by atoms with van der Waals surface area (Å²) in [6.07, 6.45) is 24.0. The van der Waals surface area contributed by atoms with Crippen LogP contribution in [0.2, 0.25) is 0 Å². The van der Waals surface area contributed by atoms with Gasteiger partial charge in [-0.15, -0.1) is 0 Å². The van der Waals surface area contributed by atoms with Crippen LogP contribution in [0.3, 0.4) is 0 Å². The van der Waals surface area contributed by atoms with Crippen LogP contribution in [-0.2, 0) is 0 Å². The number of nitrogens with zero attached hydrogens (tertiary/aromatic N) is 1. The summed E-state index contributed by atoms with van der Waals surface area (Å²) in [5.74, 6) is 0. The maximum atomic E-state index is 2.44. The van der Waals surface area contributed by atoms with Crippen molar-refractivity contribution in [2.45, 2.75) is 106 Å². The van der Waals surface area contributed by atoms with Gasteiger partial charge in [-0.05, 0) is 126 Å². The van der Waals surface area contributed by atoms with Crippen LogP contribution in [0.4, 0.5) is 0 Å². The minimum absolute atomic E-state index is 1.17. The highest BCUT2D eigenvalue weighted by Gasteiger charge is 1.95. The number of allylic oxidation sites excluding steroid dienone is 10. The van der Waals surface area contributed by atoms with Crippen molar-refractivity contribution in [3.05, 3.63) is 58.2 Å². The van der Waals surface area contributed by atoms with Gasteiger partial charge in [0.25, 0.3) is 0 Å². The van der Waals surface area contributed by atoms with Gasteiger partial charge in [0.05, 0.1) is 0 Å². The molecule has 0 aromatic carbocycles. The first-order chi connectivity index (χ1) is 14.2. The minimum Gasteiger partial charge on any atom is -0.309 e. The molecule has 1 heteroatoms. The third-order valence-corrected chi connectivity index (χ3v) is 5.48. The lowest BCUT2D eigenvalue weighted by atomic mass is 10.0. The molecule has 0 amide bonds. The molecule has 1 nitrogen and oxygen atoms in total. The Morgan fingerprint density at radius 2 is 0.867 bits per heavy atom. The lowest BCUT2D eigenvalue weighted by Gasteiger charge is -2.09. The van der Waals surface area contributed by atoms with E-state index >= 15 is 0 Å². The molecule has 0 spiro atoms. The predicted molar refractivity (Wildman–Crippen MR) is 139 cm³/mol. The van der Waals surface area contributed by atoms with E-state index in [4.69, 9.17) is 0 Å². The van der Waals surface area contributed by atoms with Crippen molar-refractivity contribution in [2.24, 2.45) is 0 Å². The fourth-order valence-corrected chi connectivity index (χ4v) is 3.42. The predicted octanol–water partition coefficient (Wildman–Crippen LogP) is 9.20.